The molecule has 0 radical (unpaired) electrons. The number of carbonyl (C=O) groups is 1. The minimum Gasteiger partial charge on any atom is -0.288 e. The highest BCUT2D eigenvalue weighted by atomic mass is 19.1. The lowest BCUT2D eigenvalue weighted by Gasteiger charge is -2.04. The van der Waals surface area contributed by atoms with E-state index in [0.29, 0.717) is 5.56 Å². The van der Waals surface area contributed by atoms with E-state index in [1.165, 1.54) is 6.07 Å². The molecule has 17 heavy (non-hydrogen) atoms. The molecule has 0 saturated heterocycles. The summed E-state index contributed by atoms with van der Waals surface area (Å²) in [7, 11) is 0. The first kappa shape index (κ1) is 11.5. The summed E-state index contributed by atoms with van der Waals surface area (Å²) in [5.41, 5.74) is 2.60. The first-order chi connectivity index (χ1) is 8.08. The summed E-state index contributed by atoms with van der Waals surface area (Å²) < 4.78 is 13.6. The fourth-order valence-electron chi connectivity index (χ4n) is 1.67. The number of hydrogen-bond acceptors (Lipinski definition) is 1. The van der Waals surface area contributed by atoms with Gasteiger partial charge in [0.05, 0.1) is 5.56 Å². The Bertz CT molecular complexity index is 556. The highest BCUT2D eigenvalue weighted by Crippen LogP contribution is 2.15. The second-order valence-corrected chi connectivity index (χ2v) is 4.18. The Balaban J connectivity index is 2.43. The first-order valence-electron chi connectivity index (χ1n) is 5.45. The summed E-state index contributed by atoms with van der Waals surface area (Å²) in [5.74, 6) is -0.743. The van der Waals surface area contributed by atoms with Gasteiger partial charge >= 0.3 is 0 Å². The van der Waals surface area contributed by atoms with Crippen LogP contribution in [0.5, 0.6) is 0 Å². The molecule has 0 aliphatic rings. The molecule has 2 aromatic carbocycles. The van der Waals surface area contributed by atoms with Crippen LogP contribution < -0.4 is 0 Å². The van der Waals surface area contributed by atoms with Crippen molar-refractivity contribution >= 4 is 5.78 Å². The quantitative estimate of drug-likeness (QED) is 0.717. The molecule has 0 bridgehead atoms. The maximum atomic E-state index is 13.6. The molecule has 0 aliphatic carbocycles. The molecule has 2 heteroatoms. The monoisotopic (exact) mass is 228 g/mol. The second-order valence-electron chi connectivity index (χ2n) is 4.18. The van der Waals surface area contributed by atoms with Gasteiger partial charge in [-0.1, -0.05) is 41.5 Å². The average Bonchev–Trinajstić information content (AvgIpc) is 2.32. The Labute approximate surface area is 99.9 Å². The van der Waals surface area contributed by atoms with Crippen molar-refractivity contribution in [1.29, 1.82) is 0 Å². The molecule has 0 spiro atoms. The molecule has 0 atom stereocenters. The zero-order chi connectivity index (χ0) is 12.4. The number of rotatable bonds is 2. The van der Waals surface area contributed by atoms with Crippen LogP contribution in [0, 0.1) is 19.7 Å². The molecule has 2 rings (SSSR count). The van der Waals surface area contributed by atoms with Gasteiger partial charge in [-0.25, -0.2) is 4.39 Å². The van der Waals surface area contributed by atoms with Crippen molar-refractivity contribution in [1.82, 2.24) is 0 Å². The van der Waals surface area contributed by atoms with Crippen LogP contribution in [0.25, 0.3) is 0 Å². The van der Waals surface area contributed by atoms with E-state index in [1.54, 1.807) is 24.3 Å². The van der Waals surface area contributed by atoms with E-state index < -0.39 is 5.82 Å². The predicted molar refractivity (Wildman–Crippen MR) is 65.7 cm³/mol. The minimum absolute atomic E-state index is 0.133. The van der Waals surface area contributed by atoms with Crippen molar-refractivity contribution < 1.29 is 9.18 Å². The van der Waals surface area contributed by atoms with Crippen LogP contribution in [-0.4, -0.2) is 5.78 Å². The van der Waals surface area contributed by atoms with Crippen LogP contribution in [-0.2, 0) is 0 Å². The molecule has 0 aromatic heterocycles. The van der Waals surface area contributed by atoms with Gasteiger partial charge in [0.25, 0.3) is 0 Å². The maximum Gasteiger partial charge on any atom is 0.195 e. The fourth-order valence-corrected chi connectivity index (χ4v) is 1.67. The van der Waals surface area contributed by atoms with Gasteiger partial charge in [-0.15, -0.1) is 0 Å². The minimum atomic E-state index is -0.471. The third-order valence-electron chi connectivity index (χ3n) is 2.68. The van der Waals surface area contributed by atoms with Crippen molar-refractivity contribution in [3.8, 4) is 0 Å². The van der Waals surface area contributed by atoms with Gasteiger partial charge < -0.3 is 0 Å². The molecule has 0 heterocycles. The van der Waals surface area contributed by atoms with E-state index in [-0.39, 0.29) is 11.3 Å². The number of benzene rings is 2. The number of aryl methyl sites for hydroxylation is 2. The van der Waals surface area contributed by atoms with Gasteiger partial charge in [0.2, 0.25) is 0 Å². The molecule has 0 unspecified atom stereocenters. The topological polar surface area (TPSA) is 17.1 Å². The van der Waals surface area contributed by atoms with Gasteiger partial charge in [-0.2, -0.15) is 0 Å². The van der Waals surface area contributed by atoms with Gasteiger partial charge in [0.1, 0.15) is 5.82 Å². The van der Waals surface area contributed by atoms with E-state index in [1.807, 2.05) is 26.0 Å². The standard InChI is InChI=1S/C15H13FO/c1-10-3-6-12(7-4-10)15(17)13-9-11(2)5-8-14(13)16/h3-9H,1-2H3. The zero-order valence-electron chi connectivity index (χ0n) is 9.83. The van der Waals surface area contributed by atoms with Crippen LogP contribution in [0.2, 0.25) is 0 Å². The molecule has 86 valence electrons. The van der Waals surface area contributed by atoms with E-state index >= 15 is 0 Å². The van der Waals surface area contributed by atoms with E-state index in [2.05, 4.69) is 0 Å². The molecule has 0 fully saturated rings. The molecular weight excluding hydrogens is 215 g/mol. The van der Waals surface area contributed by atoms with E-state index in [9.17, 15) is 9.18 Å². The summed E-state index contributed by atoms with van der Waals surface area (Å²) in [5, 5.41) is 0. The summed E-state index contributed by atoms with van der Waals surface area (Å²) in [6.45, 7) is 3.78. The van der Waals surface area contributed by atoms with Crippen LogP contribution in [0.1, 0.15) is 27.0 Å². The summed E-state index contributed by atoms with van der Waals surface area (Å²) >= 11 is 0. The molecule has 2 aromatic rings. The van der Waals surface area contributed by atoms with Crippen molar-refractivity contribution in [2.45, 2.75) is 13.8 Å². The molecule has 1 nitrogen and oxygen atoms in total. The highest BCUT2D eigenvalue weighted by molar-refractivity contribution is 6.09. The highest BCUT2D eigenvalue weighted by Gasteiger charge is 2.13. The summed E-state index contributed by atoms with van der Waals surface area (Å²) in [6, 6.07) is 11.7. The molecule has 0 N–H and O–H groups in total. The Hall–Kier alpha value is -1.96. The first-order valence-corrected chi connectivity index (χ1v) is 5.45. The lowest BCUT2D eigenvalue weighted by Crippen LogP contribution is -2.04. The Morgan fingerprint density at radius 2 is 1.53 bits per heavy atom. The van der Waals surface area contributed by atoms with E-state index in [0.717, 1.165) is 11.1 Å². The normalized spacial score (nSPS) is 10.3. The lowest BCUT2D eigenvalue weighted by atomic mass is 10.0. The van der Waals surface area contributed by atoms with Gasteiger partial charge in [-0.05, 0) is 26.0 Å². The summed E-state index contributed by atoms with van der Waals surface area (Å²) in [6.07, 6.45) is 0. The summed E-state index contributed by atoms with van der Waals surface area (Å²) in [4.78, 5) is 12.1. The average molecular weight is 228 g/mol. The Kier molecular flexibility index (Phi) is 3.05. The van der Waals surface area contributed by atoms with Crippen molar-refractivity contribution in [3.63, 3.8) is 0 Å². The third-order valence-corrected chi connectivity index (χ3v) is 2.68. The second kappa shape index (κ2) is 4.50. The SMILES string of the molecule is Cc1ccc(C(=O)c2cc(C)ccc2F)cc1. The largest absolute Gasteiger partial charge is 0.288 e. The van der Waals surface area contributed by atoms with Crippen LogP contribution >= 0.6 is 0 Å². The number of hydrogen-bond donors (Lipinski definition) is 0. The Morgan fingerprint density at radius 1 is 0.941 bits per heavy atom. The fraction of sp³-hybridized carbons (Fsp3) is 0.133. The van der Waals surface area contributed by atoms with Crippen molar-refractivity contribution in [3.05, 3.63) is 70.5 Å². The number of ketones is 1. The lowest BCUT2D eigenvalue weighted by molar-refractivity contribution is 0.103. The maximum absolute atomic E-state index is 13.6. The van der Waals surface area contributed by atoms with Crippen LogP contribution in [0.15, 0.2) is 42.5 Å². The van der Waals surface area contributed by atoms with Crippen molar-refractivity contribution in [2.24, 2.45) is 0 Å². The third kappa shape index (κ3) is 2.41. The zero-order valence-corrected chi connectivity index (χ0v) is 9.83. The number of halogens is 1. The molecule has 0 aliphatic heterocycles. The predicted octanol–water partition coefficient (Wildman–Crippen LogP) is 3.67. The van der Waals surface area contributed by atoms with E-state index in [4.69, 9.17) is 0 Å². The van der Waals surface area contributed by atoms with Gasteiger partial charge in [0, 0.05) is 5.56 Å². The van der Waals surface area contributed by atoms with Gasteiger partial charge in [0.15, 0.2) is 5.78 Å². The van der Waals surface area contributed by atoms with Gasteiger partial charge in [-0.3, -0.25) is 4.79 Å². The number of carbonyl (C=O) groups excluding carboxylic acids is 1. The molecule has 0 saturated carbocycles. The smallest absolute Gasteiger partial charge is 0.195 e. The Morgan fingerprint density at radius 3 is 2.18 bits per heavy atom. The van der Waals surface area contributed by atoms with Crippen molar-refractivity contribution in [2.75, 3.05) is 0 Å². The van der Waals surface area contributed by atoms with Crippen LogP contribution in [0.3, 0.4) is 0 Å². The molecular formula is C15H13FO. The van der Waals surface area contributed by atoms with Crippen LogP contribution in [0.4, 0.5) is 4.39 Å². The molecule has 0 amide bonds.